The summed E-state index contributed by atoms with van der Waals surface area (Å²) in [6.07, 6.45) is 5.66. The Morgan fingerprint density at radius 3 is 1.84 bits per heavy atom. The number of rotatable bonds is 5. The zero-order valence-electron chi connectivity index (χ0n) is 23.9. The van der Waals surface area contributed by atoms with Gasteiger partial charge in [-0.25, -0.2) is 9.97 Å². The number of hydrogen-bond acceptors (Lipinski definition) is 3. The van der Waals surface area contributed by atoms with Crippen LogP contribution in [0, 0.1) is 0 Å². The van der Waals surface area contributed by atoms with E-state index in [4.69, 9.17) is 9.97 Å². The number of hydrogen-bond donors (Lipinski definition) is 0. The first-order valence-electron chi connectivity index (χ1n) is 14.8. The van der Waals surface area contributed by atoms with Crippen molar-refractivity contribution in [1.29, 1.82) is 0 Å². The van der Waals surface area contributed by atoms with E-state index >= 15 is 0 Å². The van der Waals surface area contributed by atoms with Gasteiger partial charge in [0.2, 0.25) is 0 Å². The van der Waals surface area contributed by atoms with Crippen molar-refractivity contribution in [3.05, 3.63) is 164 Å². The Balaban J connectivity index is 1.33. The Kier molecular flexibility index (Phi) is 6.47. The minimum atomic E-state index is 0.703. The van der Waals surface area contributed by atoms with Gasteiger partial charge in [-0.2, -0.15) is 0 Å². The molecule has 0 aliphatic carbocycles. The first kappa shape index (κ1) is 25.8. The van der Waals surface area contributed by atoms with Crippen LogP contribution in [0.15, 0.2) is 164 Å². The molecule has 0 aliphatic rings. The normalized spacial score (nSPS) is 11.2. The van der Waals surface area contributed by atoms with Crippen molar-refractivity contribution in [2.45, 2.75) is 0 Å². The Morgan fingerprint density at radius 1 is 0.386 bits per heavy atom. The number of benzene rings is 6. The molecule has 8 aromatic rings. The van der Waals surface area contributed by atoms with Crippen molar-refractivity contribution in [2.75, 3.05) is 0 Å². The van der Waals surface area contributed by atoms with Gasteiger partial charge in [0.25, 0.3) is 0 Å². The molecule has 206 valence electrons. The molecule has 3 nitrogen and oxygen atoms in total. The van der Waals surface area contributed by atoms with E-state index in [1.54, 1.807) is 6.20 Å². The molecular weight excluding hydrogens is 534 g/mol. The summed E-state index contributed by atoms with van der Waals surface area (Å²) in [4.78, 5) is 14.4. The molecule has 0 unspecified atom stereocenters. The van der Waals surface area contributed by atoms with E-state index in [1.807, 2.05) is 36.7 Å². The van der Waals surface area contributed by atoms with Crippen LogP contribution in [0.4, 0.5) is 0 Å². The molecule has 3 heteroatoms. The lowest BCUT2D eigenvalue weighted by Crippen LogP contribution is -1.96. The summed E-state index contributed by atoms with van der Waals surface area (Å²) < 4.78 is 0. The molecule has 0 bridgehead atoms. The lowest BCUT2D eigenvalue weighted by molar-refractivity contribution is 1.18. The van der Waals surface area contributed by atoms with Gasteiger partial charge in [0, 0.05) is 40.8 Å². The van der Waals surface area contributed by atoms with Crippen molar-refractivity contribution in [3.63, 3.8) is 0 Å². The first-order chi connectivity index (χ1) is 21.8. The average molecular weight is 562 g/mol. The lowest BCUT2D eigenvalue weighted by atomic mass is 9.91. The fourth-order valence-corrected chi connectivity index (χ4v) is 6.07. The second-order valence-corrected chi connectivity index (χ2v) is 10.9. The molecule has 0 N–H and O–H groups in total. The molecule has 0 amide bonds. The third-order valence-corrected chi connectivity index (χ3v) is 8.20. The van der Waals surface area contributed by atoms with E-state index in [0.29, 0.717) is 5.82 Å². The van der Waals surface area contributed by atoms with Crippen LogP contribution in [0.3, 0.4) is 0 Å². The molecule has 44 heavy (non-hydrogen) atoms. The van der Waals surface area contributed by atoms with Crippen LogP contribution in [0.1, 0.15) is 0 Å². The molecule has 8 rings (SSSR count). The van der Waals surface area contributed by atoms with Gasteiger partial charge in [-0.3, -0.25) is 4.98 Å². The molecule has 0 radical (unpaired) electrons. The van der Waals surface area contributed by atoms with Crippen molar-refractivity contribution >= 4 is 21.5 Å². The number of nitrogens with zero attached hydrogens (tertiary/aromatic N) is 3. The Bertz CT molecular complexity index is 2270. The smallest absolute Gasteiger partial charge is 0.159 e. The maximum absolute atomic E-state index is 5.22. The van der Waals surface area contributed by atoms with E-state index in [-0.39, 0.29) is 0 Å². The number of aromatic nitrogens is 3. The molecule has 0 saturated carbocycles. The van der Waals surface area contributed by atoms with Crippen molar-refractivity contribution in [2.24, 2.45) is 0 Å². The van der Waals surface area contributed by atoms with Gasteiger partial charge in [-0.1, -0.05) is 121 Å². The monoisotopic (exact) mass is 561 g/mol. The zero-order chi connectivity index (χ0) is 29.3. The van der Waals surface area contributed by atoms with Gasteiger partial charge in [-0.15, -0.1) is 0 Å². The highest BCUT2D eigenvalue weighted by molar-refractivity contribution is 6.13. The largest absolute Gasteiger partial charge is 0.264 e. The summed E-state index contributed by atoms with van der Waals surface area (Å²) in [5.41, 5.74) is 9.50. The Labute approximate surface area is 256 Å². The predicted molar refractivity (Wildman–Crippen MR) is 182 cm³/mol. The minimum absolute atomic E-state index is 0.703. The summed E-state index contributed by atoms with van der Waals surface area (Å²) in [7, 11) is 0. The quantitative estimate of drug-likeness (QED) is 0.196. The molecule has 0 aliphatic heterocycles. The van der Waals surface area contributed by atoms with E-state index in [9.17, 15) is 0 Å². The van der Waals surface area contributed by atoms with Crippen molar-refractivity contribution in [1.82, 2.24) is 15.0 Å². The van der Waals surface area contributed by atoms with Crippen LogP contribution in [0.5, 0.6) is 0 Å². The van der Waals surface area contributed by atoms with Gasteiger partial charge in [-0.05, 0) is 68.1 Å². The summed E-state index contributed by atoms with van der Waals surface area (Å²) in [5, 5.41) is 4.99. The fraction of sp³-hybridized carbons (Fsp3) is 0. The van der Waals surface area contributed by atoms with Crippen LogP contribution in [0.25, 0.3) is 77.6 Å². The van der Waals surface area contributed by atoms with Gasteiger partial charge >= 0.3 is 0 Å². The third-order valence-electron chi connectivity index (χ3n) is 8.20. The lowest BCUT2D eigenvalue weighted by Gasteiger charge is -2.15. The molecule has 0 spiro atoms. The molecule has 0 fully saturated rings. The molecule has 2 heterocycles. The predicted octanol–water partition coefficient (Wildman–Crippen LogP) is 10.5. The summed E-state index contributed by atoms with van der Waals surface area (Å²) >= 11 is 0. The SMILES string of the molecule is c1ccc(-c2ncc(-c3cccc(-c4cccnc4)c3)c(-c3cccc(-c4cc5ccccc5c5ccccc45)c3)n2)cc1. The minimum Gasteiger partial charge on any atom is -0.264 e. The highest BCUT2D eigenvalue weighted by atomic mass is 14.9. The molecular formula is C41H27N3. The summed E-state index contributed by atoms with van der Waals surface area (Å²) in [6, 6.07) is 51.1. The third kappa shape index (κ3) is 4.71. The maximum Gasteiger partial charge on any atom is 0.159 e. The highest BCUT2D eigenvalue weighted by Gasteiger charge is 2.16. The molecule has 6 aromatic carbocycles. The second kappa shape index (κ2) is 11.0. The highest BCUT2D eigenvalue weighted by Crippen LogP contribution is 2.38. The van der Waals surface area contributed by atoms with Gasteiger partial charge in [0.1, 0.15) is 0 Å². The Morgan fingerprint density at radius 2 is 1.02 bits per heavy atom. The standard InChI is InChI=1S/C41H27N3/c1-2-11-28(12-3-1)41-43-27-39(31-16-8-14-29(23-31)34-18-10-22-42-26-34)40(44-41)33-17-9-15-30(24-33)38-25-32-13-4-5-19-35(32)36-20-6-7-21-37(36)38/h1-27H. The Hall–Kier alpha value is -5.93. The number of fused-ring (bicyclic) bond motifs is 3. The molecule has 0 atom stereocenters. The number of pyridine rings is 1. The van der Waals surface area contributed by atoms with E-state index < -0.39 is 0 Å². The van der Waals surface area contributed by atoms with Crippen LogP contribution in [-0.2, 0) is 0 Å². The fourth-order valence-electron chi connectivity index (χ4n) is 6.07. The molecule has 0 saturated heterocycles. The van der Waals surface area contributed by atoms with Crippen LogP contribution in [0.2, 0.25) is 0 Å². The van der Waals surface area contributed by atoms with Crippen molar-refractivity contribution < 1.29 is 0 Å². The van der Waals surface area contributed by atoms with E-state index in [1.165, 1.54) is 27.1 Å². The van der Waals surface area contributed by atoms with E-state index in [0.717, 1.165) is 44.6 Å². The maximum atomic E-state index is 5.22. The van der Waals surface area contributed by atoms with E-state index in [2.05, 4.69) is 126 Å². The second-order valence-electron chi connectivity index (χ2n) is 10.9. The summed E-state index contributed by atoms with van der Waals surface area (Å²) in [6.45, 7) is 0. The van der Waals surface area contributed by atoms with Crippen LogP contribution >= 0.6 is 0 Å². The molecule has 2 aromatic heterocycles. The topological polar surface area (TPSA) is 38.7 Å². The zero-order valence-corrected chi connectivity index (χ0v) is 23.9. The summed E-state index contributed by atoms with van der Waals surface area (Å²) in [5.74, 6) is 0.703. The van der Waals surface area contributed by atoms with Gasteiger partial charge in [0.05, 0.1) is 5.69 Å². The first-order valence-corrected chi connectivity index (χ1v) is 14.8. The van der Waals surface area contributed by atoms with Gasteiger partial charge in [0.15, 0.2) is 5.82 Å². The average Bonchev–Trinajstić information content (AvgIpc) is 3.12. The van der Waals surface area contributed by atoms with Crippen LogP contribution in [-0.4, -0.2) is 15.0 Å². The van der Waals surface area contributed by atoms with Crippen LogP contribution < -0.4 is 0 Å². The van der Waals surface area contributed by atoms with Crippen molar-refractivity contribution in [3.8, 4) is 56.0 Å². The van der Waals surface area contributed by atoms with Gasteiger partial charge < -0.3 is 0 Å².